The molecule has 0 N–H and O–H groups in total. The summed E-state index contributed by atoms with van der Waals surface area (Å²) in [7, 11) is 1.63. The van der Waals surface area contributed by atoms with Crippen LogP contribution in [-0.4, -0.2) is 62.0 Å². The summed E-state index contributed by atoms with van der Waals surface area (Å²) in [5.41, 5.74) is 5.48. The van der Waals surface area contributed by atoms with Crippen LogP contribution >= 0.6 is 0 Å². The van der Waals surface area contributed by atoms with Gasteiger partial charge in [-0.25, -0.2) is 8.78 Å². The molecule has 224 valence electrons. The molecule has 0 spiro atoms. The van der Waals surface area contributed by atoms with E-state index in [0.29, 0.717) is 37.5 Å². The maximum absolute atomic E-state index is 14.9. The molecule has 3 aromatic rings. The van der Waals surface area contributed by atoms with E-state index in [4.69, 9.17) is 19.2 Å². The minimum atomic E-state index is -2.96. The average Bonchev–Trinajstić information content (AvgIpc) is 3.22. The maximum Gasteiger partial charge on any atom is 0.293 e. The lowest BCUT2D eigenvalue weighted by Gasteiger charge is -2.29. The van der Waals surface area contributed by atoms with Gasteiger partial charge in [0.05, 0.1) is 43.9 Å². The van der Waals surface area contributed by atoms with E-state index >= 15 is 0 Å². The zero-order valence-electron chi connectivity index (χ0n) is 25.1. The molecule has 7 nitrogen and oxygen atoms in total. The van der Waals surface area contributed by atoms with Gasteiger partial charge in [-0.05, 0) is 55.2 Å². The Kier molecular flexibility index (Phi) is 9.70. The van der Waals surface area contributed by atoms with Crippen LogP contribution in [0.3, 0.4) is 0 Å². The molecule has 1 aliphatic heterocycles. The number of rotatable bonds is 13. The minimum Gasteiger partial charge on any atom is -0.467 e. The lowest BCUT2D eigenvalue weighted by atomic mass is 9.84. The number of fused-ring (bicyclic) bond motifs is 1. The Morgan fingerprint density at radius 3 is 2.54 bits per heavy atom. The number of anilines is 1. The summed E-state index contributed by atoms with van der Waals surface area (Å²) < 4.78 is 48.0. The summed E-state index contributed by atoms with van der Waals surface area (Å²) in [6, 6.07) is 8.16. The van der Waals surface area contributed by atoms with Gasteiger partial charge >= 0.3 is 0 Å². The Balaban J connectivity index is 2.07. The van der Waals surface area contributed by atoms with E-state index in [1.54, 1.807) is 11.7 Å². The summed E-state index contributed by atoms with van der Waals surface area (Å²) in [5.74, 6) is -2.96. The van der Waals surface area contributed by atoms with Crippen LogP contribution in [0.2, 0.25) is 0 Å². The molecule has 4 rings (SSSR count). The number of halogens is 2. The third-order valence-electron chi connectivity index (χ3n) is 7.67. The van der Waals surface area contributed by atoms with Crippen molar-refractivity contribution in [2.45, 2.75) is 72.5 Å². The first-order valence-electron chi connectivity index (χ1n) is 14.4. The van der Waals surface area contributed by atoms with E-state index in [1.165, 1.54) is 0 Å². The highest BCUT2D eigenvalue weighted by atomic mass is 19.3. The zero-order chi connectivity index (χ0) is 29.8. The molecule has 1 aromatic carbocycles. The van der Waals surface area contributed by atoms with E-state index in [9.17, 15) is 13.6 Å². The van der Waals surface area contributed by atoms with Crippen LogP contribution < -0.4 is 4.90 Å². The van der Waals surface area contributed by atoms with Crippen LogP contribution in [0.5, 0.6) is 0 Å². The van der Waals surface area contributed by atoms with Crippen LogP contribution in [0.1, 0.15) is 64.0 Å². The number of aromatic nitrogens is 2. The fourth-order valence-electron chi connectivity index (χ4n) is 5.72. The zero-order valence-corrected chi connectivity index (χ0v) is 25.1. The third-order valence-corrected chi connectivity index (χ3v) is 7.67. The highest BCUT2D eigenvalue weighted by molar-refractivity contribution is 5.94. The highest BCUT2D eigenvalue weighted by Crippen LogP contribution is 2.43. The van der Waals surface area contributed by atoms with E-state index < -0.39 is 17.9 Å². The SMILES string of the molecule is CCCc1cnc(C(C)OC)c(-c2c(CC(C)(C)COC=O)c3cc(N4CCOCC4)ccc3n2CC(C)(F)F)c1. The quantitative estimate of drug-likeness (QED) is 0.216. The van der Waals surface area contributed by atoms with Gasteiger partial charge in [0, 0.05) is 60.9 Å². The van der Waals surface area contributed by atoms with Gasteiger partial charge in [-0.15, -0.1) is 0 Å². The summed E-state index contributed by atoms with van der Waals surface area (Å²) in [4.78, 5) is 18.2. The van der Waals surface area contributed by atoms with E-state index in [1.807, 2.05) is 39.1 Å². The van der Waals surface area contributed by atoms with Gasteiger partial charge in [-0.1, -0.05) is 27.2 Å². The second-order valence-electron chi connectivity index (χ2n) is 11.9. The van der Waals surface area contributed by atoms with E-state index in [-0.39, 0.29) is 12.7 Å². The summed E-state index contributed by atoms with van der Waals surface area (Å²) >= 11 is 0. The number of hydrogen-bond donors (Lipinski definition) is 0. The molecule has 1 fully saturated rings. The minimum absolute atomic E-state index is 0.200. The van der Waals surface area contributed by atoms with Crippen LogP contribution in [0.4, 0.5) is 14.5 Å². The van der Waals surface area contributed by atoms with Crippen molar-refractivity contribution in [2.75, 3.05) is 44.9 Å². The molecule has 1 saturated heterocycles. The van der Waals surface area contributed by atoms with Gasteiger partial charge in [-0.2, -0.15) is 0 Å². The normalized spacial score (nSPS) is 15.4. The molecule has 41 heavy (non-hydrogen) atoms. The molecule has 3 heterocycles. The van der Waals surface area contributed by atoms with Crippen LogP contribution in [0.25, 0.3) is 22.2 Å². The lowest BCUT2D eigenvalue weighted by molar-refractivity contribution is -0.131. The number of benzene rings is 1. The predicted octanol–water partition coefficient (Wildman–Crippen LogP) is 6.60. The molecule has 1 aliphatic rings. The first-order chi connectivity index (χ1) is 19.5. The Hall–Kier alpha value is -3.04. The molecule has 0 amide bonds. The standard InChI is InChI=1S/C32H43F2N3O4/c1-7-8-23-15-26(29(35-18-23)22(2)39-6)30-27(17-31(3,4)20-41-21-38)25-16-24(36-11-13-40-14-12-36)9-10-28(25)37(30)19-32(5,33)34/h9-10,15-16,18,21-22H,7-8,11-14,17,19-20H2,1-6H3. The average molecular weight is 572 g/mol. The first-order valence-corrected chi connectivity index (χ1v) is 14.4. The Labute approximate surface area is 241 Å². The number of morpholine rings is 1. The molecular formula is C32H43F2N3O4. The Morgan fingerprint density at radius 1 is 1.17 bits per heavy atom. The Morgan fingerprint density at radius 2 is 1.90 bits per heavy atom. The monoisotopic (exact) mass is 571 g/mol. The van der Waals surface area contributed by atoms with Gasteiger partial charge in [0.2, 0.25) is 0 Å². The van der Waals surface area contributed by atoms with Crippen LogP contribution in [0, 0.1) is 5.41 Å². The number of carbonyl (C=O) groups is 1. The molecule has 9 heteroatoms. The number of ether oxygens (including phenoxy) is 3. The van der Waals surface area contributed by atoms with Crippen molar-refractivity contribution in [1.29, 1.82) is 0 Å². The molecule has 0 bridgehead atoms. The summed E-state index contributed by atoms with van der Waals surface area (Å²) in [6.45, 7) is 12.0. The van der Waals surface area contributed by atoms with Crippen LogP contribution in [0.15, 0.2) is 30.5 Å². The number of methoxy groups -OCH3 is 1. The maximum atomic E-state index is 14.9. The molecule has 2 aromatic heterocycles. The van der Waals surface area contributed by atoms with Crippen molar-refractivity contribution in [2.24, 2.45) is 5.41 Å². The van der Waals surface area contributed by atoms with Gasteiger partial charge in [0.25, 0.3) is 12.4 Å². The summed E-state index contributed by atoms with van der Waals surface area (Å²) in [5, 5.41) is 0.907. The topological polar surface area (TPSA) is 65.8 Å². The largest absolute Gasteiger partial charge is 0.467 e. The van der Waals surface area contributed by atoms with Gasteiger partial charge in [0.15, 0.2) is 0 Å². The second-order valence-corrected chi connectivity index (χ2v) is 11.9. The number of aryl methyl sites for hydroxylation is 1. The summed E-state index contributed by atoms with van der Waals surface area (Å²) in [6.07, 6.45) is 3.76. The first kappa shape index (κ1) is 30.9. The smallest absolute Gasteiger partial charge is 0.293 e. The van der Waals surface area contributed by atoms with Crippen molar-refractivity contribution in [3.63, 3.8) is 0 Å². The molecule has 0 aliphatic carbocycles. The number of carbonyl (C=O) groups excluding carboxylic acids is 1. The molecular weight excluding hydrogens is 528 g/mol. The van der Waals surface area contributed by atoms with E-state index in [0.717, 1.165) is 66.1 Å². The molecule has 0 saturated carbocycles. The predicted molar refractivity (Wildman–Crippen MR) is 158 cm³/mol. The molecule has 1 atom stereocenters. The van der Waals surface area contributed by atoms with Crippen LogP contribution in [-0.2, 0) is 38.4 Å². The number of pyridine rings is 1. The highest BCUT2D eigenvalue weighted by Gasteiger charge is 2.32. The van der Waals surface area contributed by atoms with Crippen molar-refractivity contribution >= 4 is 23.1 Å². The number of alkyl halides is 2. The molecule has 0 radical (unpaired) electrons. The van der Waals surface area contributed by atoms with Gasteiger partial charge < -0.3 is 23.7 Å². The van der Waals surface area contributed by atoms with Gasteiger partial charge in [-0.3, -0.25) is 9.78 Å². The van der Waals surface area contributed by atoms with Crippen molar-refractivity contribution in [1.82, 2.24) is 9.55 Å². The van der Waals surface area contributed by atoms with Crippen molar-refractivity contribution in [3.05, 3.63) is 47.3 Å². The van der Waals surface area contributed by atoms with Crippen molar-refractivity contribution < 1.29 is 27.8 Å². The number of nitrogens with zero attached hydrogens (tertiary/aromatic N) is 3. The lowest BCUT2D eigenvalue weighted by Crippen LogP contribution is -2.36. The van der Waals surface area contributed by atoms with Crippen molar-refractivity contribution in [3.8, 4) is 11.3 Å². The molecule has 1 unspecified atom stereocenters. The second kappa shape index (κ2) is 12.9. The Bertz CT molecular complexity index is 1340. The third kappa shape index (κ3) is 7.25. The van der Waals surface area contributed by atoms with E-state index in [2.05, 4.69) is 24.0 Å². The number of hydrogen-bond acceptors (Lipinski definition) is 6. The fraction of sp³-hybridized carbons (Fsp3) is 0.562. The fourth-order valence-corrected chi connectivity index (χ4v) is 5.72. The van der Waals surface area contributed by atoms with Gasteiger partial charge in [0.1, 0.15) is 0 Å².